The monoisotopic (exact) mass is 550 g/mol. The molecule has 6 nitrogen and oxygen atoms in total. The van der Waals surface area contributed by atoms with E-state index in [1.165, 1.54) is 0 Å². The molecule has 0 heterocycles. The van der Waals surface area contributed by atoms with Crippen LogP contribution < -0.4 is 9.47 Å². The molecule has 0 fully saturated rings. The van der Waals surface area contributed by atoms with E-state index in [9.17, 15) is 9.67 Å². The summed E-state index contributed by atoms with van der Waals surface area (Å²) in [6.07, 6.45) is -0.191. The molecule has 0 aliphatic carbocycles. The summed E-state index contributed by atoms with van der Waals surface area (Å²) in [5, 5.41) is 9.98. The average molecular weight is 552 g/mol. The maximum atomic E-state index is 12.5. The molecule has 0 radical (unpaired) electrons. The molecule has 1 N–H and O–H groups in total. The number of halogens is 2. The van der Waals surface area contributed by atoms with Crippen LogP contribution in [0.1, 0.15) is 39.2 Å². The maximum Gasteiger partial charge on any atom is 0.367 e. The fourth-order valence-corrected chi connectivity index (χ4v) is 5.18. The first-order chi connectivity index (χ1) is 13.7. The van der Waals surface area contributed by atoms with Crippen molar-refractivity contribution >= 4 is 39.5 Å². The number of ether oxygens (including phenoxy) is 2. The maximum absolute atomic E-state index is 12.5. The lowest BCUT2D eigenvalue weighted by atomic mass is 10.0. The number of rotatable bonds is 10. The molecule has 160 valence electrons. The van der Waals surface area contributed by atoms with Gasteiger partial charge in [0.05, 0.1) is 22.2 Å². The predicted octanol–water partition coefficient (Wildman–Crippen LogP) is 7.44. The Hall–Kier alpha value is -1.05. The summed E-state index contributed by atoms with van der Waals surface area (Å²) in [7, 11) is -3.31. The summed E-state index contributed by atoms with van der Waals surface area (Å²) < 4.78 is 35.9. The molecule has 0 amide bonds. The Balaban J connectivity index is 2.19. The number of phenols is 1. The van der Waals surface area contributed by atoms with Crippen molar-refractivity contribution in [2.75, 3.05) is 19.6 Å². The van der Waals surface area contributed by atoms with Gasteiger partial charge in [0.1, 0.15) is 17.2 Å². The molecule has 29 heavy (non-hydrogen) atoms. The highest BCUT2D eigenvalue weighted by Gasteiger charge is 2.25. The van der Waals surface area contributed by atoms with Crippen LogP contribution >= 0.6 is 39.5 Å². The first-order valence-electron chi connectivity index (χ1n) is 9.19. The molecule has 0 spiro atoms. The van der Waals surface area contributed by atoms with Crippen molar-refractivity contribution in [1.82, 2.24) is 0 Å². The van der Waals surface area contributed by atoms with Gasteiger partial charge in [0.25, 0.3) is 0 Å². The third-order valence-corrected chi connectivity index (χ3v) is 6.78. The largest absolute Gasteiger partial charge is 0.508 e. The minimum absolute atomic E-state index is 0.160. The van der Waals surface area contributed by atoms with Crippen molar-refractivity contribution in [2.45, 2.75) is 33.6 Å². The first kappa shape index (κ1) is 24.2. The number of phenolic OH excluding ortho intramolecular Hbond substituents is 1. The quantitative estimate of drug-likeness (QED) is 0.309. The molecule has 2 aromatic carbocycles. The lowest BCUT2D eigenvalue weighted by Gasteiger charge is -2.18. The van der Waals surface area contributed by atoms with Crippen molar-refractivity contribution < 1.29 is 28.2 Å². The molecule has 9 heteroatoms. The lowest BCUT2D eigenvalue weighted by molar-refractivity contribution is 0.197. The highest BCUT2D eigenvalue weighted by molar-refractivity contribution is 9.11. The Bertz CT molecular complexity index is 854. The predicted molar refractivity (Wildman–Crippen MR) is 120 cm³/mol. The standard InChI is InChI=1S/C20H25Br2O6P/c1-5-26-29(24,27-6-2)12-25-15-10-17(21)20(18(22)11-15)28-14-7-8-19(23)16(9-14)13(3)4/h7-11,13,23H,5-6,12H2,1-4H3. The van der Waals surface area contributed by atoms with Crippen LogP contribution in [-0.2, 0) is 13.6 Å². The Kier molecular flexibility index (Phi) is 9.04. The summed E-state index contributed by atoms with van der Waals surface area (Å²) in [5.74, 6) is 2.02. The first-order valence-corrected chi connectivity index (χ1v) is 12.5. The second-order valence-corrected chi connectivity index (χ2v) is 10.1. The smallest absolute Gasteiger partial charge is 0.367 e. The van der Waals surface area contributed by atoms with Crippen molar-refractivity contribution in [2.24, 2.45) is 0 Å². The molecule has 0 saturated heterocycles. The van der Waals surface area contributed by atoms with Crippen LogP contribution in [-0.4, -0.2) is 24.7 Å². The van der Waals surface area contributed by atoms with Gasteiger partial charge in [-0.2, -0.15) is 0 Å². The van der Waals surface area contributed by atoms with Gasteiger partial charge >= 0.3 is 7.60 Å². The molecule has 0 unspecified atom stereocenters. The van der Waals surface area contributed by atoms with Crippen molar-refractivity contribution in [1.29, 1.82) is 0 Å². The number of aromatic hydroxyl groups is 1. The fraction of sp³-hybridized carbons (Fsp3) is 0.400. The lowest BCUT2D eigenvalue weighted by Crippen LogP contribution is -2.05. The van der Waals surface area contributed by atoms with Gasteiger partial charge in [-0.3, -0.25) is 4.57 Å². The molecule has 0 aromatic heterocycles. The van der Waals surface area contributed by atoms with Gasteiger partial charge < -0.3 is 23.6 Å². The second-order valence-electron chi connectivity index (χ2n) is 6.41. The van der Waals surface area contributed by atoms with E-state index in [0.29, 0.717) is 26.2 Å². The van der Waals surface area contributed by atoms with E-state index in [4.69, 9.17) is 18.5 Å². The number of benzene rings is 2. The molecule has 0 bridgehead atoms. The Labute approximate surface area is 188 Å². The highest BCUT2D eigenvalue weighted by Crippen LogP contribution is 2.48. The molecular formula is C20H25Br2O6P. The van der Waals surface area contributed by atoms with E-state index in [2.05, 4.69) is 31.9 Å². The van der Waals surface area contributed by atoms with Crippen LogP contribution in [0.15, 0.2) is 39.3 Å². The zero-order valence-corrected chi connectivity index (χ0v) is 20.8. The average Bonchev–Trinajstić information content (AvgIpc) is 2.64. The SMILES string of the molecule is CCOP(=O)(COc1cc(Br)c(Oc2ccc(O)c(C(C)C)c2)c(Br)c1)OCC. The Morgan fingerprint density at radius 3 is 2.10 bits per heavy atom. The van der Waals surface area contributed by atoms with Crippen molar-refractivity contribution in [3.8, 4) is 23.0 Å². The number of hydrogen-bond donors (Lipinski definition) is 1. The summed E-state index contributed by atoms with van der Waals surface area (Å²) in [4.78, 5) is 0. The summed E-state index contributed by atoms with van der Waals surface area (Å²) in [5.41, 5.74) is 0.803. The Morgan fingerprint density at radius 2 is 1.59 bits per heavy atom. The van der Waals surface area contributed by atoms with Crippen LogP contribution in [0.2, 0.25) is 0 Å². The molecule has 0 saturated carbocycles. The second kappa shape index (κ2) is 10.8. The van der Waals surface area contributed by atoms with E-state index < -0.39 is 7.60 Å². The van der Waals surface area contributed by atoms with E-state index in [-0.39, 0.29) is 31.2 Å². The van der Waals surface area contributed by atoms with Crippen LogP contribution in [0.4, 0.5) is 0 Å². The zero-order chi connectivity index (χ0) is 21.6. The van der Waals surface area contributed by atoms with Gasteiger partial charge in [-0.05, 0) is 82.0 Å². The fourth-order valence-electron chi connectivity index (χ4n) is 2.55. The molecule has 2 aromatic rings. The van der Waals surface area contributed by atoms with E-state index in [1.807, 2.05) is 19.9 Å². The van der Waals surface area contributed by atoms with Gasteiger partial charge in [-0.25, -0.2) is 0 Å². The molecule has 2 rings (SSSR count). The molecular weight excluding hydrogens is 527 g/mol. The summed E-state index contributed by atoms with van der Waals surface area (Å²) in [6.45, 7) is 8.04. The third kappa shape index (κ3) is 6.72. The van der Waals surface area contributed by atoms with E-state index >= 15 is 0 Å². The van der Waals surface area contributed by atoms with Crippen LogP contribution in [0.5, 0.6) is 23.0 Å². The van der Waals surface area contributed by atoms with Crippen LogP contribution in [0, 0.1) is 0 Å². The van der Waals surface area contributed by atoms with Gasteiger partial charge in [-0.1, -0.05) is 13.8 Å². The summed E-state index contributed by atoms with van der Waals surface area (Å²) in [6, 6.07) is 8.55. The van der Waals surface area contributed by atoms with Crippen molar-refractivity contribution in [3.05, 3.63) is 44.8 Å². The van der Waals surface area contributed by atoms with Crippen LogP contribution in [0.25, 0.3) is 0 Å². The van der Waals surface area contributed by atoms with Crippen molar-refractivity contribution in [3.63, 3.8) is 0 Å². The van der Waals surface area contributed by atoms with Gasteiger partial charge in [0, 0.05) is 5.56 Å². The zero-order valence-electron chi connectivity index (χ0n) is 16.8. The summed E-state index contributed by atoms with van der Waals surface area (Å²) >= 11 is 6.97. The molecule has 0 atom stereocenters. The normalized spacial score (nSPS) is 11.7. The van der Waals surface area contributed by atoms with Gasteiger partial charge in [0.2, 0.25) is 0 Å². The van der Waals surface area contributed by atoms with E-state index in [1.54, 1.807) is 38.1 Å². The van der Waals surface area contributed by atoms with Crippen LogP contribution in [0.3, 0.4) is 0 Å². The minimum Gasteiger partial charge on any atom is -0.508 e. The highest BCUT2D eigenvalue weighted by atomic mass is 79.9. The molecule has 0 aliphatic rings. The Morgan fingerprint density at radius 1 is 1.00 bits per heavy atom. The minimum atomic E-state index is -3.31. The van der Waals surface area contributed by atoms with Gasteiger partial charge in [0.15, 0.2) is 12.1 Å². The van der Waals surface area contributed by atoms with E-state index in [0.717, 1.165) is 5.56 Å². The van der Waals surface area contributed by atoms with Gasteiger partial charge in [-0.15, -0.1) is 0 Å². The molecule has 0 aliphatic heterocycles. The third-order valence-electron chi connectivity index (χ3n) is 3.85. The topological polar surface area (TPSA) is 74.2 Å². The number of hydrogen-bond acceptors (Lipinski definition) is 6.